The number of hydrogen-bond donors (Lipinski definition) is 2. The van der Waals surface area contributed by atoms with Crippen molar-refractivity contribution in [3.8, 4) is 28.1 Å². The molecule has 1 fully saturated rings. The summed E-state index contributed by atoms with van der Waals surface area (Å²) in [5, 5.41) is 7.10. The van der Waals surface area contributed by atoms with Crippen LogP contribution in [0.1, 0.15) is 41.9 Å². The fraction of sp³-hybridized carbons (Fsp3) is 0.379. The van der Waals surface area contributed by atoms with Gasteiger partial charge in [-0.15, -0.1) is 0 Å². The maximum Gasteiger partial charge on any atom is 0.271 e. The quantitative estimate of drug-likeness (QED) is 0.185. The monoisotopic (exact) mass is 568 g/mol. The van der Waals surface area contributed by atoms with Gasteiger partial charge in [-0.2, -0.15) is 10.0 Å². The number of likely N-dealkylation sites (tertiary alicyclic amines) is 1. The van der Waals surface area contributed by atoms with Gasteiger partial charge in [0, 0.05) is 31.1 Å². The van der Waals surface area contributed by atoms with Crippen molar-refractivity contribution < 1.29 is 22.7 Å². The topological polar surface area (TPSA) is 114 Å². The number of hydrogen-bond acceptors (Lipinski definition) is 6. The van der Waals surface area contributed by atoms with Crippen LogP contribution in [0, 0.1) is 10.7 Å². The SMILES string of the molecule is CN/N=C(\N)c1cc2c(cc1OC)CCn1c(C(=O)N3CC(F)(F)CC3(C)C(C)N=O)cc(-c3ccc(F)cc3)c1-2. The van der Waals surface area contributed by atoms with E-state index in [2.05, 4.69) is 15.7 Å². The first-order valence-corrected chi connectivity index (χ1v) is 13.2. The third-order valence-corrected chi connectivity index (χ3v) is 8.19. The van der Waals surface area contributed by atoms with E-state index < -0.39 is 42.2 Å². The smallest absolute Gasteiger partial charge is 0.271 e. The molecule has 1 saturated heterocycles. The molecule has 3 heterocycles. The highest BCUT2D eigenvalue weighted by molar-refractivity contribution is 6.03. The van der Waals surface area contributed by atoms with E-state index >= 15 is 0 Å². The minimum Gasteiger partial charge on any atom is -0.496 e. The number of ether oxygens (including phenoxy) is 1. The molecule has 12 heteroatoms. The number of nitrogens with two attached hydrogens (primary N) is 1. The lowest BCUT2D eigenvalue weighted by molar-refractivity contribution is 0.0109. The lowest BCUT2D eigenvalue weighted by Gasteiger charge is -2.36. The number of hydrazone groups is 1. The Balaban J connectivity index is 1.74. The Morgan fingerprint density at radius 3 is 2.51 bits per heavy atom. The lowest BCUT2D eigenvalue weighted by atomic mass is 9.90. The third kappa shape index (κ3) is 4.70. The number of nitroso groups, excluding NO2 is 1. The zero-order valence-corrected chi connectivity index (χ0v) is 23.2. The summed E-state index contributed by atoms with van der Waals surface area (Å²) in [7, 11) is 3.15. The second-order valence-corrected chi connectivity index (χ2v) is 10.7. The number of carbonyl (C=O) groups excluding carboxylic acids is 1. The van der Waals surface area contributed by atoms with Gasteiger partial charge in [-0.05, 0) is 61.7 Å². The first kappa shape index (κ1) is 28.2. The fourth-order valence-electron chi connectivity index (χ4n) is 5.95. The second-order valence-electron chi connectivity index (χ2n) is 10.7. The van der Waals surface area contributed by atoms with Crippen LogP contribution in [-0.4, -0.2) is 59.4 Å². The van der Waals surface area contributed by atoms with Crippen molar-refractivity contribution >= 4 is 11.7 Å². The zero-order chi connectivity index (χ0) is 29.7. The van der Waals surface area contributed by atoms with Crippen LogP contribution < -0.4 is 15.9 Å². The second kappa shape index (κ2) is 10.2. The number of amides is 1. The molecule has 0 saturated carbocycles. The molecule has 2 aliphatic rings. The molecule has 0 radical (unpaired) electrons. The maximum atomic E-state index is 14.7. The molecule has 2 aromatic carbocycles. The van der Waals surface area contributed by atoms with Gasteiger partial charge in [0.05, 0.1) is 30.5 Å². The molecule has 9 nitrogen and oxygen atoms in total. The van der Waals surface area contributed by atoms with Crippen LogP contribution in [-0.2, 0) is 13.0 Å². The molecule has 3 N–H and O–H groups in total. The summed E-state index contributed by atoms with van der Waals surface area (Å²) in [4.78, 5) is 26.7. The third-order valence-electron chi connectivity index (χ3n) is 8.19. The van der Waals surface area contributed by atoms with Crippen molar-refractivity contribution in [3.05, 3.63) is 70.0 Å². The molecule has 216 valence electrons. The van der Waals surface area contributed by atoms with E-state index in [4.69, 9.17) is 10.5 Å². The van der Waals surface area contributed by atoms with Crippen LogP contribution in [0.5, 0.6) is 5.75 Å². The predicted molar refractivity (Wildman–Crippen MR) is 150 cm³/mol. The van der Waals surface area contributed by atoms with E-state index in [1.165, 1.54) is 33.1 Å². The summed E-state index contributed by atoms with van der Waals surface area (Å²) in [6, 6.07) is 10.1. The molecule has 2 atom stereocenters. The van der Waals surface area contributed by atoms with Gasteiger partial charge in [0.1, 0.15) is 23.3 Å². The molecule has 2 aliphatic heterocycles. The average Bonchev–Trinajstić information content (AvgIpc) is 3.46. The van der Waals surface area contributed by atoms with Crippen molar-refractivity contribution in [1.82, 2.24) is 14.9 Å². The van der Waals surface area contributed by atoms with Gasteiger partial charge in [0.15, 0.2) is 5.84 Å². The Bertz CT molecular complexity index is 1550. The number of rotatable bonds is 7. The summed E-state index contributed by atoms with van der Waals surface area (Å²) >= 11 is 0. The summed E-state index contributed by atoms with van der Waals surface area (Å²) < 4.78 is 50.7. The highest BCUT2D eigenvalue weighted by atomic mass is 19.3. The van der Waals surface area contributed by atoms with E-state index in [1.807, 2.05) is 12.1 Å². The van der Waals surface area contributed by atoms with E-state index in [-0.39, 0.29) is 11.5 Å². The van der Waals surface area contributed by atoms with E-state index in [0.29, 0.717) is 41.1 Å². The minimum atomic E-state index is -3.18. The molecular formula is C29H31F3N6O3. The molecule has 5 rings (SSSR count). The Morgan fingerprint density at radius 1 is 1.17 bits per heavy atom. The zero-order valence-electron chi connectivity index (χ0n) is 23.2. The molecule has 0 aliphatic carbocycles. The van der Waals surface area contributed by atoms with E-state index in [0.717, 1.165) is 16.0 Å². The molecule has 1 aromatic heterocycles. The van der Waals surface area contributed by atoms with Crippen LogP contribution in [0.15, 0.2) is 52.7 Å². The lowest BCUT2D eigenvalue weighted by Crippen LogP contribution is -2.51. The number of aryl methyl sites for hydroxylation is 1. The Morgan fingerprint density at radius 2 is 1.88 bits per heavy atom. The molecule has 0 spiro atoms. The Labute approximate surface area is 235 Å². The van der Waals surface area contributed by atoms with Gasteiger partial charge < -0.3 is 25.4 Å². The number of nitrogens with zero attached hydrogens (tertiary/aromatic N) is 4. The highest BCUT2D eigenvalue weighted by Gasteiger charge is 2.57. The Kier molecular flexibility index (Phi) is 7.04. The van der Waals surface area contributed by atoms with Crippen LogP contribution in [0.3, 0.4) is 0 Å². The number of methoxy groups -OCH3 is 1. The number of alkyl halides is 2. The van der Waals surface area contributed by atoms with Crippen molar-refractivity contribution in [2.24, 2.45) is 16.0 Å². The van der Waals surface area contributed by atoms with Gasteiger partial charge in [0.25, 0.3) is 11.8 Å². The standard InChI is InChI=1S/C29H31F3N6O3/c1-16(36-40)28(2)14-29(31,32)15-38(28)27(39)23-13-21(17-5-7-19(30)8-6-17)25-20-12-22(26(33)35-34-3)24(41-4)11-18(20)9-10-37(23)25/h5-8,11-13,16,34H,9-10,14-15H2,1-4H3,(H2,33,35). The molecule has 1 amide bonds. The number of halogens is 3. The highest BCUT2D eigenvalue weighted by Crippen LogP contribution is 2.46. The number of nitrogens with one attached hydrogen (secondary N) is 1. The normalized spacial score (nSPS) is 20.3. The van der Waals surface area contributed by atoms with Gasteiger partial charge in [-0.1, -0.05) is 17.3 Å². The Hall–Kier alpha value is -4.35. The van der Waals surface area contributed by atoms with Crippen LogP contribution >= 0.6 is 0 Å². The van der Waals surface area contributed by atoms with Gasteiger partial charge in [-0.25, -0.2) is 13.2 Å². The number of carbonyl (C=O) groups is 1. The number of fused-ring (bicyclic) bond motifs is 3. The van der Waals surface area contributed by atoms with Crippen molar-refractivity contribution in [3.63, 3.8) is 0 Å². The molecular weight excluding hydrogens is 537 g/mol. The number of amidine groups is 1. The summed E-state index contributed by atoms with van der Waals surface area (Å²) in [6.45, 7) is 2.45. The number of benzene rings is 2. The van der Waals surface area contributed by atoms with Gasteiger partial charge >= 0.3 is 0 Å². The van der Waals surface area contributed by atoms with Crippen LogP contribution in [0.2, 0.25) is 0 Å². The maximum absolute atomic E-state index is 14.7. The van der Waals surface area contributed by atoms with Gasteiger partial charge in [0.2, 0.25) is 0 Å². The van der Waals surface area contributed by atoms with Crippen LogP contribution in [0.4, 0.5) is 13.2 Å². The van der Waals surface area contributed by atoms with Crippen LogP contribution in [0.25, 0.3) is 22.4 Å². The first-order valence-electron chi connectivity index (χ1n) is 13.2. The predicted octanol–water partition coefficient (Wildman–Crippen LogP) is 4.76. The first-order chi connectivity index (χ1) is 19.4. The molecule has 41 heavy (non-hydrogen) atoms. The van der Waals surface area contributed by atoms with Crippen molar-refractivity contribution in [2.45, 2.75) is 50.7 Å². The van der Waals surface area contributed by atoms with Crippen molar-refractivity contribution in [2.75, 3.05) is 20.7 Å². The summed E-state index contributed by atoms with van der Waals surface area (Å²) in [5.74, 6) is -3.54. The fourth-order valence-corrected chi connectivity index (χ4v) is 5.95. The average molecular weight is 569 g/mol. The van der Waals surface area contributed by atoms with Gasteiger partial charge in [-0.3, -0.25) is 4.79 Å². The van der Waals surface area contributed by atoms with E-state index in [9.17, 15) is 22.9 Å². The van der Waals surface area contributed by atoms with Crippen molar-refractivity contribution in [1.29, 1.82) is 0 Å². The molecule has 3 aromatic rings. The minimum absolute atomic E-state index is 0.181. The largest absolute Gasteiger partial charge is 0.496 e. The molecule has 2 unspecified atom stereocenters. The summed E-state index contributed by atoms with van der Waals surface area (Å²) in [6.07, 6.45) is -0.160. The molecule has 0 bridgehead atoms. The number of aromatic nitrogens is 1. The van der Waals surface area contributed by atoms with E-state index in [1.54, 1.807) is 29.8 Å². The summed E-state index contributed by atoms with van der Waals surface area (Å²) in [5.41, 5.74) is 11.7.